The molecule has 0 saturated carbocycles. The first-order valence-electron chi connectivity index (χ1n) is 7.31. The first kappa shape index (κ1) is 14.0. The van der Waals surface area contributed by atoms with Gasteiger partial charge in [0.05, 0.1) is 6.04 Å². The Morgan fingerprint density at radius 3 is 2.57 bits per heavy atom. The van der Waals surface area contributed by atoms with E-state index in [9.17, 15) is 9.90 Å². The number of benzene rings is 1. The van der Waals surface area contributed by atoms with Gasteiger partial charge in [0.1, 0.15) is 6.23 Å². The van der Waals surface area contributed by atoms with Crippen molar-refractivity contribution in [3.05, 3.63) is 40.8 Å². The minimum atomic E-state index is -0.429. The van der Waals surface area contributed by atoms with Crippen molar-refractivity contribution in [2.75, 3.05) is 13.1 Å². The maximum Gasteiger partial charge on any atom is 0.343 e. The van der Waals surface area contributed by atoms with Gasteiger partial charge in [-0.1, -0.05) is 30.3 Å². The SMILES string of the molecule is CC(O)N1CCC(n2nc(-c3ccccc3)[nH]c2=O)CC1. The molecule has 6 nitrogen and oxygen atoms in total. The molecule has 21 heavy (non-hydrogen) atoms. The van der Waals surface area contributed by atoms with Crippen molar-refractivity contribution in [1.82, 2.24) is 19.7 Å². The highest BCUT2D eigenvalue weighted by Crippen LogP contribution is 2.22. The Balaban J connectivity index is 1.78. The summed E-state index contributed by atoms with van der Waals surface area (Å²) in [5.74, 6) is 0.610. The summed E-state index contributed by atoms with van der Waals surface area (Å²) in [4.78, 5) is 16.9. The van der Waals surface area contributed by atoms with Gasteiger partial charge in [0.2, 0.25) is 0 Å². The number of piperidine rings is 1. The van der Waals surface area contributed by atoms with Crippen LogP contribution < -0.4 is 5.69 Å². The highest BCUT2D eigenvalue weighted by Gasteiger charge is 2.25. The number of aliphatic hydroxyl groups is 1. The highest BCUT2D eigenvalue weighted by atomic mass is 16.3. The summed E-state index contributed by atoms with van der Waals surface area (Å²) in [7, 11) is 0. The monoisotopic (exact) mass is 288 g/mol. The van der Waals surface area contributed by atoms with Crippen molar-refractivity contribution < 1.29 is 5.11 Å². The zero-order valence-corrected chi connectivity index (χ0v) is 12.1. The molecule has 1 aromatic carbocycles. The number of nitrogens with zero attached hydrogens (tertiary/aromatic N) is 3. The lowest BCUT2D eigenvalue weighted by Gasteiger charge is -2.33. The van der Waals surface area contributed by atoms with Gasteiger partial charge in [0.15, 0.2) is 5.82 Å². The standard InChI is InChI=1S/C15H20N4O2/c1-11(20)18-9-7-13(8-10-18)19-15(21)16-14(17-19)12-5-3-2-4-6-12/h2-6,11,13,20H,7-10H2,1H3,(H,16,17,21). The summed E-state index contributed by atoms with van der Waals surface area (Å²) in [6, 6.07) is 9.74. The Hall–Kier alpha value is -1.92. The number of H-pyrrole nitrogens is 1. The molecule has 0 amide bonds. The first-order chi connectivity index (χ1) is 10.1. The molecule has 2 heterocycles. The van der Waals surface area contributed by atoms with Gasteiger partial charge in [0, 0.05) is 18.7 Å². The summed E-state index contributed by atoms with van der Waals surface area (Å²) in [5.41, 5.74) is 0.749. The third kappa shape index (κ3) is 2.91. The van der Waals surface area contributed by atoms with E-state index in [0.29, 0.717) is 5.82 Å². The van der Waals surface area contributed by atoms with Crippen LogP contribution in [0, 0.1) is 0 Å². The molecule has 2 N–H and O–H groups in total. The minimum Gasteiger partial charge on any atom is -0.379 e. The average molecular weight is 288 g/mol. The number of rotatable bonds is 3. The molecule has 1 aliphatic heterocycles. The largest absolute Gasteiger partial charge is 0.379 e. The normalized spacial score (nSPS) is 18.8. The van der Waals surface area contributed by atoms with E-state index in [1.54, 1.807) is 11.6 Å². The van der Waals surface area contributed by atoms with Gasteiger partial charge in [-0.3, -0.25) is 9.88 Å². The fraction of sp³-hybridized carbons (Fsp3) is 0.467. The molecule has 6 heteroatoms. The summed E-state index contributed by atoms with van der Waals surface area (Å²) in [6.45, 7) is 3.33. The number of hydrogen-bond donors (Lipinski definition) is 2. The van der Waals surface area contributed by atoms with Crippen molar-refractivity contribution in [1.29, 1.82) is 0 Å². The Labute approximate surface area is 123 Å². The second-order valence-electron chi connectivity index (χ2n) is 5.49. The second-order valence-corrected chi connectivity index (χ2v) is 5.49. The van der Waals surface area contributed by atoms with E-state index in [-0.39, 0.29) is 11.7 Å². The van der Waals surface area contributed by atoms with Gasteiger partial charge in [0.25, 0.3) is 0 Å². The summed E-state index contributed by atoms with van der Waals surface area (Å²) < 4.78 is 1.56. The van der Waals surface area contributed by atoms with Crippen LogP contribution >= 0.6 is 0 Å². The number of aromatic nitrogens is 3. The predicted molar refractivity (Wildman–Crippen MR) is 79.8 cm³/mol. The molecule has 112 valence electrons. The van der Waals surface area contributed by atoms with Crippen LogP contribution in [0.3, 0.4) is 0 Å². The van der Waals surface area contributed by atoms with Crippen LogP contribution in [0.1, 0.15) is 25.8 Å². The number of aromatic amines is 1. The molecule has 3 rings (SSSR count). The maximum atomic E-state index is 12.1. The zero-order valence-electron chi connectivity index (χ0n) is 12.1. The van der Waals surface area contributed by atoms with Crippen LogP contribution in [-0.2, 0) is 0 Å². The van der Waals surface area contributed by atoms with Crippen molar-refractivity contribution in [2.45, 2.75) is 32.0 Å². The third-order valence-electron chi connectivity index (χ3n) is 4.06. The van der Waals surface area contributed by atoms with E-state index in [2.05, 4.69) is 10.1 Å². The first-order valence-corrected chi connectivity index (χ1v) is 7.31. The van der Waals surface area contributed by atoms with E-state index in [0.717, 1.165) is 31.5 Å². The molecule has 1 atom stereocenters. The van der Waals surface area contributed by atoms with Gasteiger partial charge in [-0.05, 0) is 19.8 Å². The Bertz CT molecular complexity index is 639. The van der Waals surface area contributed by atoms with Gasteiger partial charge >= 0.3 is 5.69 Å². The molecule has 0 spiro atoms. The van der Waals surface area contributed by atoms with E-state index >= 15 is 0 Å². The number of hydrogen-bond acceptors (Lipinski definition) is 4. The lowest BCUT2D eigenvalue weighted by atomic mass is 10.1. The Morgan fingerprint density at radius 1 is 1.29 bits per heavy atom. The Kier molecular flexibility index (Phi) is 3.90. The van der Waals surface area contributed by atoms with E-state index in [4.69, 9.17) is 0 Å². The topological polar surface area (TPSA) is 74.2 Å². The molecular formula is C15H20N4O2. The molecule has 1 aromatic heterocycles. The lowest BCUT2D eigenvalue weighted by molar-refractivity contribution is -0.00315. The summed E-state index contributed by atoms with van der Waals surface area (Å²) in [5, 5.41) is 14.0. The molecule has 0 aliphatic carbocycles. The number of aliphatic hydroxyl groups excluding tert-OH is 1. The average Bonchev–Trinajstić information content (AvgIpc) is 2.90. The maximum absolute atomic E-state index is 12.1. The molecule has 1 fully saturated rings. The molecule has 0 bridgehead atoms. The highest BCUT2D eigenvalue weighted by molar-refractivity contribution is 5.53. The molecule has 2 aromatic rings. The number of likely N-dealkylation sites (tertiary alicyclic amines) is 1. The van der Waals surface area contributed by atoms with E-state index in [1.807, 2.05) is 35.2 Å². The van der Waals surface area contributed by atoms with Crippen LogP contribution in [0.4, 0.5) is 0 Å². The second kappa shape index (κ2) is 5.83. The molecule has 1 unspecified atom stereocenters. The van der Waals surface area contributed by atoms with Crippen LogP contribution in [0.2, 0.25) is 0 Å². The van der Waals surface area contributed by atoms with E-state index in [1.165, 1.54) is 0 Å². The van der Waals surface area contributed by atoms with Gasteiger partial charge < -0.3 is 5.11 Å². The predicted octanol–water partition coefficient (Wildman–Crippen LogP) is 1.21. The minimum absolute atomic E-state index is 0.0983. The smallest absolute Gasteiger partial charge is 0.343 e. The van der Waals surface area contributed by atoms with Gasteiger partial charge in [-0.15, -0.1) is 5.10 Å². The van der Waals surface area contributed by atoms with Crippen molar-refractivity contribution in [2.24, 2.45) is 0 Å². The molecule has 1 saturated heterocycles. The van der Waals surface area contributed by atoms with Crippen molar-refractivity contribution >= 4 is 0 Å². The zero-order chi connectivity index (χ0) is 14.8. The van der Waals surface area contributed by atoms with Gasteiger partial charge in [-0.25, -0.2) is 9.48 Å². The molecular weight excluding hydrogens is 268 g/mol. The van der Waals surface area contributed by atoms with Gasteiger partial charge in [-0.2, -0.15) is 0 Å². The van der Waals surface area contributed by atoms with E-state index < -0.39 is 6.23 Å². The van der Waals surface area contributed by atoms with Crippen LogP contribution in [0.15, 0.2) is 35.1 Å². The fourth-order valence-electron chi connectivity index (χ4n) is 2.81. The number of nitrogens with one attached hydrogen (secondary N) is 1. The Morgan fingerprint density at radius 2 is 1.95 bits per heavy atom. The summed E-state index contributed by atoms with van der Waals surface area (Å²) >= 11 is 0. The van der Waals surface area contributed by atoms with Crippen molar-refractivity contribution in [3.63, 3.8) is 0 Å². The molecule has 0 radical (unpaired) electrons. The summed E-state index contributed by atoms with van der Waals surface area (Å²) in [6.07, 6.45) is 1.22. The molecule has 1 aliphatic rings. The van der Waals surface area contributed by atoms with Crippen molar-refractivity contribution in [3.8, 4) is 11.4 Å². The third-order valence-corrected chi connectivity index (χ3v) is 4.06. The van der Waals surface area contributed by atoms with Crippen LogP contribution in [0.5, 0.6) is 0 Å². The fourth-order valence-corrected chi connectivity index (χ4v) is 2.81. The van der Waals surface area contributed by atoms with Crippen LogP contribution in [0.25, 0.3) is 11.4 Å². The quantitative estimate of drug-likeness (QED) is 0.890. The van der Waals surface area contributed by atoms with Crippen LogP contribution in [-0.4, -0.2) is 44.1 Å². The lowest BCUT2D eigenvalue weighted by Crippen LogP contribution is -2.41.